The molecule has 0 radical (unpaired) electrons. The Bertz CT molecular complexity index is 25.2. The molecule has 0 aliphatic heterocycles. The molecule has 0 rings (SSSR count). The van der Waals surface area contributed by atoms with Crippen LogP contribution in [0.1, 0.15) is 28.2 Å². The maximum Gasteiger partial charge on any atom is 0.0535 e. The van der Waals surface area contributed by atoms with Gasteiger partial charge in [-0.1, -0.05) is 21.3 Å². The SMILES string of the molecule is C.CC(C)[C@@H](C)O. The molecule has 0 spiro atoms. The molecule has 0 fully saturated rings. The van der Waals surface area contributed by atoms with Gasteiger partial charge in [-0.25, -0.2) is 0 Å². The molecule has 1 atom stereocenters. The van der Waals surface area contributed by atoms with Crippen molar-refractivity contribution in [2.45, 2.75) is 34.3 Å². The van der Waals surface area contributed by atoms with Gasteiger partial charge >= 0.3 is 0 Å². The van der Waals surface area contributed by atoms with Crippen LogP contribution in [0.2, 0.25) is 0 Å². The summed E-state index contributed by atoms with van der Waals surface area (Å²) in [4.78, 5) is 0. The predicted molar refractivity (Wildman–Crippen MR) is 33.2 cm³/mol. The van der Waals surface area contributed by atoms with E-state index in [0.29, 0.717) is 5.92 Å². The summed E-state index contributed by atoms with van der Waals surface area (Å²) in [6.45, 7) is 5.78. The summed E-state index contributed by atoms with van der Waals surface area (Å²) < 4.78 is 0. The Kier molecular flexibility index (Phi) is 5.93. The molecule has 0 aromatic carbocycles. The van der Waals surface area contributed by atoms with E-state index in [9.17, 15) is 0 Å². The highest BCUT2D eigenvalue weighted by Crippen LogP contribution is 1.96. The smallest absolute Gasteiger partial charge is 0.0535 e. The summed E-state index contributed by atoms with van der Waals surface area (Å²) in [6.07, 6.45) is -0.148. The van der Waals surface area contributed by atoms with Gasteiger partial charge in [0.1, 0.15) is 0 Å². The predicted octanol–water partition coefficient (Wildman–Crippen LogP) is 1.66. The quantitative estimate of drug-likeness (QED) is 0.536. The summed E-state index contributed by atoms with van der Waals surface area (Å²) in [5.74, 6) is 0.407. The molecule has 0 saturated heterocycles. The topological polar surface area (TPSA) is 20.2 Å². The molecule has 0 aromatic rings. The zero-order valence-corrected chi connectivity index (χ0v) is 4.60. The Hall–Kier alpha value is -0.0400. The minimum Gasteiger partial charge on any atom is -0.393 e. The third kappa shape index (κ3) is 5.96. The van der Waals surface area contributed by atoms with Crippen molar-refractivity contribution in [1.82, 2.24) is 0 Å². The van der Waals surface area contributed by atoms with Gasteiger partial charge in [0.15, 0.2) is 0 Å². The van der Waals surface area contributed by atoms with Crippen LogP contribution in [0.3, 0.4) is 0 Å². The Labute approximate surface area is 46.4 Å². The van der Waals surface area contributed by atoms with Crippen LogP contribution in [0, 0.1) is 5.92 Å². The van der Waals surface area contributed by atoms with E-state index in [1.54, 1.807) is 6.92 Å². The van der Waals surface area contributed by atoms with Crippen molar-refractivity contribution in [1.29, 1.82) is 0 Å². The van der Waals surface area contributed by atoms with Gasteiger partial charge in [0.25, 0.3) is 0 Å². The average molecular weight is 104 g/mol. The van der Waals surface area contributed by atoms with E-state index in [4.69, 9.17) is 5.11 Å². The normalized spacial score (nSPS) is 13.3. The third-order valence-corrected chi connectivity index (χ3v) is 0.965. The molecule has 1 heteroatoms. The molecule has 0 aromatic heterocycles. The van der Waals surface area contributed by atoms with E-state index in [0.717, 1.165) is 0 Å². The molecule has 0 aliphatic rings. The van der Waals surface area contributed by atoms with Crippen molar-refractivity contribution < 1.29 is 5.11 Å². The Morgan fingerprint density at radius 2 is 1.29 bits per heavy atom. The zero-order valence-electron chi connectivity index (χ0n) is 4.60. The molecular formula is C6H16O. The molecule has 46 valence electrons. The van der Waals surface area contributed by atoms with Crippen LogP contribution in [0.4, 0.5) is 0 Å². The first-order valence-electron chi connectivity index (χ1n) is 2.32. The van der Waals surface area contributed by atoms with E-state index in [-0.39, 0.29) is 13.5 Å². The highest BCUT2D eigenvalue weighted by molar-refractivity contribution is 4.48. The highest BCUT2D eigenvalue weighted by atomic mass is 16.3. The second kappa shape index (κ2) is 4.13. The molecule has 1 N–H and O–H groups in total. The number of aliphatic hydroxyl groups is 1. The lowest BCUT2D eigenvalue weighted by Crippen LogP contribution is -2.07. The van der Waals surface area contributed by atoms with Crippen LogP contribution in [0.5, 0.6) is 0 Å². The van der Waals surface area contributed by atoms with Gasteiger partial charge in [-0.15, -0.1) is 0 Å². The van der Waals surface area contributed by atoms with Crippen LogP contribution >= 0.6 is 0 Å². The lowest BCUT2D eigenvalue weighted by atomic mass is 10.1. The molecule has 0 amide bonds. The lowest BCUT2D eigenvalue weighted by molar-refractivity contribution is 0.144. The summed E-state index contributed by atoms with van der Waals surface area (Å²) in [5, 5.41) is 8.63. The molecule has 1 nitrogen and oxygen atoms in total. The Morgan fingerprint density at radius 1 is 1.14 bits per heavy atom. The highest BCUT2D eigenvalue weighted by Gasteiger charge is 1.97. The Morgan fingerprint density at radius 3 is 1.29 bits per heavy atom. The van der Waals surface area contributed by atoms with Crippen molar-refractivity contribution in [3.05, 3.63) is 0 Å². The van der Waals surface area contributed by atoms with Gasteiger partial charge < -0.3 is 5.11 Å². The van der Waals surface area contributed by atoms with Gasteiger partial charge in [-0.2, -0.15) is 0 Å². The largest absolute Gasteiger partial charge is 0.393 e. The van der Waals surface area contributed by atoms with E-state index in [2.05, 4.69) is 0 Å². The minimum absolute atomic E-state index is 0. The number of aliphatic hydroxyl groups excluding tert-OH is 1. The van der Waals surface area contributed by atoms with E-state index in [1.165, 1.54) is 0 Å². The maximum atomic E-state index is 8.63. The molecule has 0 saturated carbocycles. The van der Waals surface area contributed by atoms with Gasteiger partial charge in [0.05, 0.1) is 6.10 Å². The van der Waals surface area contributed by atoms with Crippen molar-refractivity contribution in [3.63, 3.8) is 0 Å². The fraction of sp³-hybridized carbons (Fsp3) is 1.00. The molecule has 7 heavy (non-hydrogen) atoms. The zero-order chi connectivity index (χ0) is 5.15. The van der Waals surface area contributed by atoms with Crippen LogP contribution in [-0.4, -0.2) is 11.2 Å². The van der Waals surface area contributed by atoms with E-state index >= 15 is 0 Å². The third-order valence-electron chi connectivity index (χ3n) is 0.965. The lowest BCUT2D eigenvalue weighted by Gasteiger charge is -2.04. The summed E-state index contributed by atoms with van der Waals surface area (Å²) in [6, 6.07) is 0. The van der Waals surface area contributed by atoms with Crippen molar-refractivity contribution in [2.24, 2.45) is 5.92 Å². The maximum absolute atomic E-state index is 8.63. The van der Waals surface area contributed by atoms with Gasteiger partial charge in [0.2, 0.25) is 0 Å². The van der Waals surface area contributed by atoms with E-state index < -0.39 is 0 Å². The molecular weight excluding hydrogens is 88.1 g/mol. The first-order valence-corrected chi connectivity index (χ1v) is 2.32. The van der Waals surface area contributed by atoms with Crippen LogP contribution in [0.25, 0.3) is 0 Å². The van der Waals surface area contributed by atoms with Gasteiger partial charge in [-0.05, 0) is 12.8 Å². The molecule has 0 aliphatic carbocycles. The van der Waals surface area contributed by atoms with Crippen molar-refractivity contribution >= 4 is 0 Å². The minimum atomic E-state index is -0.148. The van der Waals surface area contributed by atoms with Crippen molar-refractivity contribution in [3.8, 4) is 0 Å². The number of rotatable bonds is 1. The molecule has 0 unspecified atom stereocenters. The first kappa shape index (κ1) is 10.0. The molecule has 0 heterocycles. The monoisotopic (exact) mass is 104 g/mol. The second-order valence-electron chi connectivity index (χ2n) is 1.98. The van der Waals surface area contributed by atoms with Crippen LogP contribution in [0.15, 0.2) is 0 Å². The van der Waals surface area contributed by atoms with Gasteiger partial charge in [0, 0.05) is 0 Å². The van der Waals surface area contributed by atoms with Crippen molar-refractivity contribution in [2.75, 3.05) is 0 Å². The fourth-order valence-corrected chi connectivity index (χ4v) is 0. The Balaban J connectivity index is 0. The summed E-state index contributed by atoms with van der Waals surface area (Å²) in [5.41, 5.74) is 0. The van der Waals surface area contributed by atoms with Crippen LogP contribution in [-0.2, 0) is 0 Å². The standard InChI is InChI=1S/C5H12O.CH4/c1-4(2)5(3)6;/h4-6H,1-3H3;1H4/t5-;/m1./s1. The van der Waals surface area contributed by atoms with Gasteiger partial charge in [-0.3, -0.25) is 0 Å². The molecule has 0 bridgehead atoms. The summed E-state index contributed by atoms with van der Waals surface area (Å²) >= 11 is 0. The fourth-order valence-electron chi connectivity index (χ4n) is 0. The first-order chi connectivity index (χ1) is 2.64. The number of hydrogen-bond donors (Lipinski definition) is 1. The second-order valence-corrected chi connectivity index (χ2v) is 1.98. The van der Waals surface area contributed by atoms with Crippen LogP contribution < -0.4 is 0 Å². The average Bonchev–Trinajstić information content (AvgIpc) is 1.36. The number of hydrogen-bond acceptors (Lipinski definition) is 1. The summed E-state index contributed by atoms with van der Waals surface area (Å²) in [7, 11) is 0. The van der Waals surface area contributed by atoms with E-state index in [1.807, 2.05) is 13.8 Å².